The van der Waals surface area contributed by atoms with E-state index >= 15 is 0 Å². The van der Waals surface area contributed by atoms with Crippen molar-refractivity contribution in [2.75, 3.05) is 17.2 Å². The van der Waals surface area contributed by atoms with E-state index in [1.165, 1.54) is 0 Å². The Morgan fingerprint density at radius 1 is 1.57 bits per heavy atom. The van der Waals surface area contributed by atoms with Crippen molar-refractivity contribution < 1.29 is 4.79 Å². The number of nitrogens with two attached hydrogens (primary N) is 1. The number of carbonyl (C=O) groups excluding carboxylic acids is 1. The van der Waals surface area contributed by atoms with E-state index in [-0.39, 0.29) is 5.91 Å². The molecule has 1 amide bonds. The minimum absolute atomic E-state index is 0.175. The maximum atomic E-state index is 11.6. The molecule has 0 aromatic heterocycles. The third-order valence-corrected chi connectivity index (χ3v) is 2.67. The van der Waals surface area contributed by atoms with Gasteiger partial charge in [0.25, 0.3) is 0 Å². The first kappa shape index (κ1) is 9.06. The number of anilines is 2. The summed E-state index contributed by atoms with van der Waals surface area (Å²) in [5, 5.41) is 0. The zero-order valence-electron chi connectivity index (χ0n) is 8.29. The first-order chi connectivity index (χ1) is 6.74. The molecular weight excluding hydrogens is 176 g/mol. The van der Waals surface area contributed by atoms with Gasteiger partial charge in [-0.15, -0.1) is 0 Å². The molecule has 2 rings (SSSR count). The number of carbonyl (C=O) groups is 1. The largest absolute Gasteiger partial charge is 0.398 e. The van der Waals surface area contributed by atoms with Crippen molar-refractivity contribution in [3.63, 3.8) is 0 Å². The van der Waals surface area contributed by atoms with E-state index in [1.54, 1.807) is 0 Å². The van der Waals surface area contributed by atoms with Crippen LogP contribution in [0.5, 0.6) is 0 Å². The molecule has 74 valence electrons. The molecule has 2 N–H and O–H groups in total. The zero-order valence-corrected chi connectivity index (χ0v) is 8.29. The van der Waals surface area contributed by atoms with Crippen molar-refractivity contribution in [1.82, 2.24) is 0 Å². The molecule has 1 aliphatic rings. The molecule has 1 aromatic carbocycles. The predicted molar refractivity (Wildman–Crippen MR) is 57.2 cm³/mol. The highest BCUT2D eigenvalue weighted by Crippen LogP contribution is 2.32. The van der Waals surface area contributed by atoms with Crippen molar-refractivity contribution in [2.24, 2.45) is 0 Å². The highest BCUT2D eigenvalue weighted by molar-refractivity contribution is 5.96. The van der Waals surface area contributed by atoms with Crippen LogP contribution in [0, 0.1) is 0 Å². The molecule has 0 bridgehead atoms. The van der Waals surface area contributed by atoms with Crippen molar-refractivity contribution in [3.05, 3.63) is 23.8 Å². The summed E-state index contributed by atoms with van der Waals surface area (Å²) < 4.78 is 0. The van der Waals surface area contributed by atoms with Crippen LogP contribution < -0.4 is 10.6 Å². The normalized spacial score (nSPS) is 14.2. The number of amides is 1. The monoisotopic (exact) mass is 190 g/mol. The Morgan fingerprint density at radius 3 is 3.07 bits per heavy atom. The van der Waals surface area contributed by atoms with Gasteiger partial charge in [-0.25, -0.2) is 0 Å². The van der Waals surface area contributed by atoms with Crippen LogP contribution in [0.25, 0.3) is 0 Å². The smallest absolute Gasteiger partial charge is 0.226 e. The van der Waals surface area contributed by atoms with Crippen LogP contribution in [0.3, 0.4) is 0 Å². The summed E-state index contributed by atoms with van der Waals surface area (Å²) in [4.78, 5) is 13.4. The maximum Gasteiger partial charge on any atom is 0.226 e. The molecule has 3 heteroatoms. The standard InChI is InChI=1S/C11H14N2O/c1-2-11(14)13-7-6-8-9(12)4-3-5-10(8)13/h3-5H,2,6-7,12H2,1H3. The third kappa shape index (κ3) is 1.25. The van der Waals surface area contributed by atoms with Gasteiger partial charge in [-0.2, -0.15) is 0 Å². The summed E-state index contributed by atoms with van der Waals surface area (Å²) in [5.41, 5.74) is 8.75. The molecule has 3 nitrogen and oxygen atoms in total. The first-order valence-electron chi connectivity index (χ1n) is 4.91. The minimum atomic E-state index is 0.175. The number of nitrogen functional groups attached to an aromatic ring is 1. The Bertz CT molecular complexity index is 374. The predicted octanol–water partition coefficient (Wildman–Crippen LogP) is 1.57. The van der Waals surface area contributed by atoms with E-state index in [4.69, 9.17) is 5.73 Å². The lowest BCUT2D eigenvalue weighted by molar-refractivity contribution is -0.118. The number of hydrogen-bond donors (Lipinski definition) is 1. The Balaban J connectivity index is 2.40. The molecule has 0 fully saturated rings. The van der Waals surface area contributed by atoms with E-state index in [1.807, 2.05) is 30.0 Å². The van der Waals surface area contributed by atoms with E-state index in [2.05, 4.69) is 0 Å². The molecule has 0 unspecified atom stereocenters. The van der Waals surface area contributed by atoms with Crippen LogP contribution in [0.15, 0.2) is 18.2 Å². The highest BCUT2D eigenvalue weighted by atomic mass is 16.2. The van der Waals surface area contributed by atoms with Gasteiger partial charge in [-0.3, -0.25) is 4.79 Å². The Morgan fingerprint density at radius 2 is 2.36 bits per heavy atom. The molecule has 0 aliphatic carbocycles. The van der Waals surface area contributed by atoms with Crippen LogP contribution in [0.2, 0.25) is 0 Å². The van der Waals surface area contributed by atoms with Crippen LogP contribution in [-0.4, -0.2) is 12.5 Å². The lowest BCUT2D eigenvalue weighted by atomic mass is 10.1. The Hall–Kier alpha value is -1.51. The van der Waals surface area contributed by atoms with Gasteiger partial charge in [-0.05, 0) is 18.6 Å². The molecule has 1 aromatic rings. The van der Waals surface area contributed by atoms with Gasteiger partial charge in [0, 0.05) is 29.9 Å². The average Bonchev–Trinajstić information content (AvgIpc) is 2.62. The zero-order chi connectivity index (χ0) is 10.1. The molecule has 0 radical (unpaired) electrons. The molecule has 0 spiro atoms. The Kier molecular flexibility index (Phi) is 2.15. The highest BCUT2D eigenvalue weighted by Gasteiger charge is 2.24. The maximum absolute atomic E-state index is 11.6. The molecule has 0 saturated heterocycles. The number of fused-ring (bicyclic) bond motifs is 1. The van der Waals surface area contributed by atoms with Crippen molar-refractivity contribution >= 4 is 17.3 Å². The molecule has 1 aliphatic heterocycles. The van der Waals surface area contributed by atoms with Gasteiger partial charge < -0.3 is 10.6 Å². The quantitative estimate of drug-likeness (QED) is 0.683. The van der Waals surface area contributed by atoms with Gasteiger partial charge in [-0.1, -0.05) is 13.0 Å². The van der Waals surface area contributed by atoms with Gasteiger partial charge in [0.1, 0.15) is 0 Å². The fourth-order valence-corrected chi connectivity index (χ4v) is 1.91. The van der Waals surface area contributed by atoms with Gasteiger partial charge in [0.2, 0.25) is 5.91 Å². The SMILES string of the molecule is CCC(=O)N1CCc2c(N)cccc21. The van der Waals surface area contributed by atoms with E-state index in [0.29, 0.717) is 6.42 Å². The summed E-state index contributed by atoms with van der Waals surface area (Å²) in [5.74, 6) is 0.175. The summed E-state index contributed by atoms with van der Waals surface area (Å²) in [6, 6.07) is 5.75. The van der Waals surface area contributed by atoms with Gasteiger partial charge in [0.05, 0.1) is 0 Å². The lowest BCUT2D eigenvalue weighted by Crippen LogP contribution is -2.27. The summed E-state index contributed by atoms with van der Waals surface area (Å²) in [7, 11) is 0. The number of rotatable bonds is 1. The van der Waals surface area contributed by atoms with Crippen molar-refractivity contribution in [1.29, 1.82) is 0 Å². The van der Waals surface area contributed by atoms with Gasteiger partial charge in [0.15, 0.2) is 0 Å². The first-order valence-corrected chi connectivity index (χ1v) is 4.91. The van der Waals surface area contributed by atoms with Crippen LogP contribution in [0.4, 0.5) is 11.4 Å². The second-order valence-corrected chi connectivity index (χ2v) is 3.49. The lowest BCUT2D eigenvalue weighted by Gasteiger charge is -2.16. The fraction of sp³-hybridized carbons (Fsp3) is 0.364. The summed E-state index contributed by atoms with van der Waals surface area (Å²) in [6.07, 6.45) is 1.43. The number of benzene rings is 1. The molecule has 14 heavy (non-hydrogen) atoms. The number of nitrogens with zero attached hydrogens (tertiary/aromatic N) is 1. The van der Waals surface area contributed by atoms with Crippen LogP contribution >= 0.6 is 0 Å². The van der Waals surface area contributed by atoms with E-state index in [0.717, 1.165) is 29.9 Å². The molecular formula is C11H14N2O. The van der Waals surface area contributed by atoms with Crippen LogP contribution in [-0.2, 0) is 11.2 Å². The van der Waals surface area contributed by atoms with Crippen molar-refractivity contribution in [2.45, 2.75) is 19.8 Å². The minimum Gasteiger partial charge on any atom is -0.398 e. The van der Waals surface area contributed by atoms with E-state index < -0.39 is 0 Å². The topological polar surface area (TPSA) is 46.3 Å². The van der Waals surface area contributed by atoms with Crippen molar-refractivity contribution in [3.8, 4) is 0 Å². The van der Waals surface area contributed by atoms with E-state index in [9.17, 15) is 4.79 Å². The summed E-state index contributed by atoms with van der Waals surface area (Å²) in [6.45, 7) is 2.66. The molecule has 0 saturated carbocycles. The fourth-order valence-electron chi connectivity index (χ4n) is 1.91. The summed E-state index contributed by atoms with van der Waals surface area (Å²) >= 11 is 0. The molecule has 1 heterocycles. The second-order valence-electron chi connectivity index (χ2n) is 3.49. The second kappa shape index (κ2) is 3.33. The Labute approximate surface area is 83.5 Å². The molecule has 0 atom stereocenters. The van der Waals surface area contributed by atoms with Crippen LogP contribution in [0.1, 0.15) is 18.9 Å². The average molecular weight is 190 g/mol. The van der Waals surface area contributed by atoms with Gasteiger partial charge >= 0.3 is 0 Å². The third-order valence-electron chi connectivity index (χ3n) is 2.67. The number of hydrogen-bond acceptors (Lipinski definition) is 2.